The Hall–Kier alpha value is -4.06. The Kier molecular flexibility index (Phi) is 5.57. The maximum atomic E-state index is 13.9. The highest BCUT2D eigenvalue weighted by Crippen LogP contribution is 2.41. The summed E-state index contributed by atoms with van der Waals surface area (Å²) in [5.41, 5.74) is 5.19. The molecule has 172 valence electrons. The predicted octanol–water partition coefficient (Wildman–Crippen LogP) is 4.61. The van der Waals surface area contributed by atoms with E-state index in [9.17, 15) is 9.59 Å². The molecule has 0 saturated carbocycles. The molecule has 2 amide bonds. The van der Waals surface area contributed by atoms with Crippen molar-refractivity contribution in [3.8, 4) is 11.5 Å². The topological polar surface area (TPSA) is 59.1 Å². The normalized spacial score (nSPS) is 15.3. The molecule has 6 heteroatoms. The fourth-order valence-electron chi connectivity index (χ4n) is 4.71. The quantitative estimate of drug-likeness (QED) is 0.509. The van der Waals surface area contributed by atoms with E-state index in [1.807, 2.05) is 47.4 Å². The van der Waals surface area contributed by atoms with Gasteiger partial charge in [-0.1, -0.05) is 43.3 Å². The second-order valence-electron chi connectivity index (χ2n) is 8.29. The summed E-state index contributed by atoms with van der Waals surface area (Å²) in [6.45, 7) is 2.70. The number of rotatable bonds is 6. The number of hydrogen-bond acceptors (Lipinski definition) is 5. The van der Waals surface area contributed by atoms with Crippen LogP contribution in [0.2, 0.25) is 0 Å². The molecule has 5 rings (SSSR count). The molecule has 2 aliphatic rings. The van der Waals surface area contributed by atoms with Gasteiger partial charge in [0, 0.05) is 12.2 Å². The molecular weight excluding hydrogens is 428 g/mol. The molecule has 0 aromatic heterocycles. The molecule has 0 unspecified atom stereocenters. The number of amides is 2. The number of methoxy groups -OCH3 is 2. The van der Waals surface area contributed by atoms with E-state index in [-0.39, 0.29) is 11.8 Å². The molecule has 0 atom stereocenters. The van der Waals surface area contributed by atoms with E-state index in [0.717, 1.165) is 29.7 Å². The van der Waals surface area contributed by atoms with Gasteiger partial charge in [0.25, 0.3) is 11.8 Å². The standard InChI is InChI=1S/C28H26N2O4/c1-4-18-9-12-21(13-10-18)30-27(31)25(20-11-14-23(33-2)24(17-20)34-3)26(28(30)32)29-16-15-19-7-5-6-8-22(19)29/h5-14,17H,4,15-16H2,1-3H3. The lowest BCUT2D eigenvalue weighted by Gasteiger charge is -2.22. The van der Waals surface area contributed by atoms with Crippen molar-refractivity contribution in [2.24, 2.45) is 0 Å². The first-order valence-corrected chi connectivity index (χ1v) is 11.4. The number of nitrogens with zero attached hydrogens (tertiary/aromatic N) is 2. The van der Waals surface area contributed by atoms with Crippen LogP contribution in [0, 0.1) is 0 Å². The number of benzene rings is 3. The van der Waals surface area contributed by atoms with E-state index in [1.165, 1.54) is 4.90 Å². The van der Waals surface area contributed by atoms with Crippen molar-refractivity contribution in [1.29, 1.82) is 0 Å². The van der Waals surface area contributed by atoms with Crippen molar-refractivity contribution < 1.29 is 19.1 Å². The van der Waals surface area contributed by atoms with Crippen LogP contribution in [0.15, 0.2) is 72.4 Å². The fraction of sp³-hybridized carbons (Fsp3) is 0.214. The van der Waals surface area contributed by atoms with Gasteiger partial charge in [-0.3, -0.25) is 9.59 Å². The molecular formula is C28H26N2O4. The first-order valence-electron chi connectivity index (χ1n) is 11.4. The Labute approximate surface area is 199 Å². The molecule has 0 saturated heterocycles. The largest absolute Gasteiger partial charge is 0.493 e. The third-order valence-electron chi connectivity index (χ3n) is 6.49. The van der Waals surface area contributed by atoms with Crippen molar-refractivity contribution in [3.05, 3.63) is 89.1 Å². The third kappa shape index (κ3) is 3.43. The Bertz CT molecular complexity index is 1310. The molecule has 0 fully saturated rings. The number of hydrogen-bond donors (Lipinski definition) is 0. The van der Waals surface area contributed by atoms with Crippen molar-refractivity contribution >= 4 is 28.8 Å². The Morgan fingerprint density at radius 1 is 0.853 bits per heavy atom. The van der Waals surface area contributed by atoms with Crippen LogP contribution in [0.25, 0.3) is 5.57 Å². The molecule has 2 aliphatic heterocycles. The van der Waals surface area contributed by atoms with Gasteiger partial charge >= 0.3 is 0 Å². The smallest absolute Gasteiger partial charge is 0.282 e. The maximum absolute atomic E-state index is 13.9. The number of carbonyl (C=O) groups excluding carboxylic acids is 2. The molecule has 34 heavy (non-hydrogen) atoms. The number of aryl methyl sites for hydroxylation is 1. The van der Waals surface area contributed by atoms with Crippen LogP contribution in [0.4, 0.5) is 11.4 Å². The first kappa shape index (κ1) is 21.8. The van der Waals surface area contributed by atoms with Gasteiger partial charge in [-0.05, 0) is 59.9 Å². The van der Waals surface area contributed by atoms with E-state index in [0.29, 0.717) is 40.6 Å². The van der Waals surface area contributed by atoms with Gasteiger partial charge in [0.2, 0.25) is 0 Å². The Balaban J connectivity index is 1.67. The summed E-state index contributed by atoms with van der Waals surface area (Å²) in [6, 6.07) is 20.9. The summed E-state index contributed by atoms with van der Waals surface area (Å²) in [4.78, 5) is 31.0. The van der Waals surface area contributed by atoms with Crippen molar-refractivity contribution in [3.63, 3.8) is 0 Å². The number of para-hydroxylation sites is 1. The number of carbonyl (C=O) groups is 2. The lowest BCUT2D eigenvalue weighted by Crippen LogP contribution is -2.34. The Morgan fingerprint density at radius 3 is 2.29 bits per heavy atom. The van der Waals surface area contributed by atoms with Crippen molar-refractivity contribution in [2.75, 3.05) is 30.6 Å². The van der Waals surface area contributed by atoms with E-state index >= 15 is 0 Å². The van der Waals surface area contributed by atoms with Crippen LogP contribution in [0.3, 0.4) is 0 Å². The lowest BCUT2D eigenvalue weighted by atomic mass is 10.0. The summed E-state index contributed by atoms with van der Waals surface area (Å²) in [7, 11) is 3.12. The van der Waals surface area contributed by atoms with Crippen LogP contribution in [-0.4, -0.2) is 32.6 Å². The number of imide groups is 1. The molecule has 3 aromatic carbocycles. The first-order chi connectivity index (χ1) is 16.6. The van der Waals surface area contributed by atoms with Crippen LogP contribution in [0.1, 0.15) is 23.6 Å². The predicted molar refractivity (Wildman–Crippen MR) is 132 cm³/mol. The van der Waals surface area contributed by atoms with Crippen LogP contribution < -0.4 is 19.3 Å². The summed E-state index contributed by atoms with van der Waals surface area (Å²) >= 11 is 0. The summed E-state index contributed by atoms with van der Waals surface area (Å²) in [5, 5.41) is 0. The fourth-order valence-corrected chi connectivity index (χ4v) is 4.71. The average molecular weight is 455 g/mol. The number of fused-ring (bicyclic) bond motifs is 1. The highest BCUT2D eigenvalue weighted by atomic mass is 16.5. The minimum atomic E-state index is -0.346. The van der Waals surface area contributed by atoms with Gasteiger partial charge in [-0.25, -0.2) is 4.90 Å². The van der Waals surface area contributed by atoms with Crippen molar-refractivity contribution in [1.82, 2.24) is 0 Å². The molecule has 0 N–H and O–H groups in total. The second-order valence-corrected chi connectivity index (χ2v) is 8.29. The molecule has 0 spiro atoms. The monoisotopic (exact) mass is 454 g/mol. The van der Waals surface area contributed by atoms with E-state index in [1.54, 1.807) is 32.4 Å². The highest BCUT2D eigenvalue weighted by molar-refractivity contribution is 6.46. The van der Waals surface area contributed by atoms with E-state index in [2.05, 4.69) is 13.0 Å². The maximum Gasteiger partial charge on any atom is 0.282 e. The molecule has 2 heterocycles. The van der Waals surface area contributed by atoms with Gasteiger partial charge < -0.3 is 14.4 Å². The zero-order valence-electron chi connectivity index (χ0n) is 19.5. The SMILES string of the molecule is CCc1ccc(N2C(=O)C(c3ccc(OC)c(OC)c3)=C(N3CCc4ccccc43)C2=O)cc1. The molecule has 6 nitrogen and oxygen atoms in total. The molecule has 0 radical (unpaired) electrons. The summed E-state index contributed by atoms with van der Waals surface area (Å²) in [5.74, 6) is 0.389. The second kappa shape index (κ2) is 8.71. The van der Waals surface area contributed by atoms with Crippen LogP contribution in [-0.2, 0) is 22.4 Å². The number of ether oxygens (including phenoxy) is 2. The lowest BCUT2D eigenvalue weighted by molar-refractivity contribution is -0.120. The van der Waals surface area contributed by atoms with Gasteiger partial charge in [0.15, 0.2) is 11.5 Å². The van der Waals surface area contributed by atoms with Gasteiger partial charge in [-0.2, -0.15) is 0 Å². The molecule has 0 bridgehead atoms. The average Bonchev–Trinajstić information content (AvgIpc) is 3.41. The zero-order valence-corrected chi connectivity index (χ0v) is 19.5. The summed E-state index contributed by atoms with van der Waals surface area (Å²) < 4.78 is 10.9. The third-order valence-corrected chi connectivity index (χ3v) is 6.49. The highest BCUT2D eigenvalue weighted by Gasteiger charge is 2.44. The molecule has 3 aromatic rings. The van der Waals surface area contributed by atoms with Gasteiger partial charge in [0.05, 0.1) is 25.5 Å². The van der Waals surface area contributed by atoms with Gasteiger partial charge in [0.1, 0.15) is 5.70 Å². The zero-order chi connectivity index (χ0) is 23.8. The van der Waals surface area contributed by atoms with E-state index < -0.39 is 0 Å². The Morgan fingerprint density at radius 2 is 1.59 bits per heavy atom. The molecule has 0 aliphatic carbocycles. The van der Waals surface area contributed by atoms with Crippen LogP contribution in [0.5, 0.6) is 11.5 Å². The van der Waals surface area contributed by atoms with Gasteiger partial charge in [-0.15, -0.1) is 0 Å². The summed E-state index contributed by atoms with van der Waals surface area (Å²) in [6.07, 6.45) is 1.69. The van der Waals surface area contributed by atoms with Crippen molar-refractivity contribution in [2.45, 2.75) is 19.8 Å². The minimum Gasteiger partial charge on any atom is -0.493 e. The minimum absolute atomic E-state index is 0.323. The van der Waals surface area contributed by atoms with E-state index in [4.69, 9.17) is 9.47 Å². The number of anilines is 2. The van der Waals surface area contributed by atoms with Crippen LogP contribution >= 0.6 is 0 Å².